The maximum absolute atomic E-state index is 4.07. The molecule has 0 spiro atoms. The number of hydrogen-bond donors (Lipinski definition) is 0. The second-order valence-electron chi connectivity index (χ2n) is 2.30. The van der Waals surface area contributed by atoms with Crippen LogP contribution in [0.25, 0.3) is 0 Å². The fraction of sp³-hybridized carbons (Fsp3) is 0.500. The van der Waals surface area contributed by atoms with E-state index in [4.69, 9.17) is 0 Å². The molecule has 0 saturated carbocycles. The van der Waals surface area contributed by atoms with Gasteiger partial charge in [0.2, 0.25) is 0 Å². The summed E-state index contributed by atoms with van der Waals surface area (Å²) in [6.07, 6.45) is 3.53. The lowest BCUT2D eigenvalue weighted by Crippen LogP contribution is -2.02. The summed E-state index contributed by atoms with van der Waals surface area (Å²) in [5.74, 6) is 0.461. The highest BCUT2D eigenvalue weighted by atomic mass is 14.7. The third kappa shape index (κ3) is 3.17. The Morgan fingerprint density at radius 3 is 2.40 bits per heavy atom. The molecule has 0 aromatic heterocycles. The van der Waals surface area contributed by atoms with E-state index in [1.54, 1.807) is 13.2 Å². The van der Waals surface area contributed by atoms with Gasteiger partial charge in [0.25, 0.3) is 0 Å². The van der Waals surface area contributed by atoms with Crippen molar-refractivity contribution in [1.82, 2.24) is 0 Å². The number of aliphatic imine (C=N–C) groups is 2. The molecule has 0 atom stereocenters. The summed E-state index contributed by atoms with van der Waals surface area (Å²) < 4.78 is 0. The van der Waals surface area contributed by atoms with E-state index < -0.39 is 0 Å². The normalized spacial score (nSPS) is 13.0. The standard InChI is InChI=1S/C8H14N2/c1-7(2)8(10-4)5-6-9-3/h5-7H,3H2,1-2,4H3/b6-5-,10-8+. The maximum atomic E-state index is 4.07. The van der Waals surface area contributed by atoms with Crippen LogP contribution in [0.15, 0.2) is 22.3 Å². The van der Waals surface area contributed by atoms with Crippen LogP contribution >= 0.6 is 0 Å². The van der Waals surface area contributed by atoms with Crippen molar-refractivity contribution in [2.24, 2.45) is 15.9 Å². The van der Waals surface area contributed by atoms with Crippen molar-refractivity contribution in [3.63, 3.8) is 0 Å². The topological polar surface area (TPSA) is 24.7 Å². The molecule has 2 nitrogen and oxygen atoms in total. The van der Waals surface area contributed by atoms with Gasteiger partial charge in [-0.15, -0.1) is 0 Å². The monoisotopic (exact) mass is 138 g/mol. The summed E-state index contributed by atoms with van der Waals surface area (Å²) in [6.45, 7) is 7.52. The van der Waals surface area contributed by atoms with E-state index in [1.165, 1.54) is 0 Å². The largest absolute Gasteiger partial charge is 0.293 e. The first-order valence-electron chi connectivity index (χ1n) is 3.31. The molecule has 0 radical (unpaired) electrons. The van der Waals surface area contributed by atoms with Crippen LogP contribution in [0.1, 0.15) is 13.8 Å². The molecular weight excluding hydrogens is 124 g/mol. The van der Waals surface area contributed by atoms with Crippen molar-refractivity contribution in [3.8, 4) is 0 Å². The van der Waals surface area contributed by atoms with Gasteiger partial charge in [0.05, 0.1) is 0 Å². The molecule has 0 fully saturated rings. The average molecular weight is 138 g/mol. The van der Waals surface area contributed by atoms with E-state index in [1.807, 2.05) is 6.08 Å². The van der Waals surface area contributed by atoms with Crippen molar-refractivity contribution < 1.29 is 0 Å². The third-order valence-electron chi connectivity index (χ3n) is 1.20. The summed E-state index contributed by atoms with van der Waals surface area (Å²) in [6, 6.07) is 0. The lowest BCUT2D eigenvalue weighted by molar-refractivity contribution is 0.886. The van der Waals surface area contributed by atoms with Gasteiger partial charge in [0, 0.05) is 19.0 Å². The highest BCUT2D eigenvalue weighted by Crippen LogP contribution is 1.97. The molecule has 0 aliphatic rings. The SMILES string of the molecule is C=N/C=C\C(=N/C)C(C)C. The van der Waals surface area contributed by atoms with Crippen molar-refractivity contribution in [2.75, 3.05) is 7.05 Å². The van der Waals surface area contributed by atoms with Gasteiger partial charge in [-0.05, 0) is 18.7 Å². The zero-order valence-electron chi connectivity index (χ0n) is 6.83. The van der Waals surface area contributed by atoms with Gasteiger partial charge in [0.15, 0.2) is 0 Å². The Balaban J connectivity index is 4.10. The number of rotatable bonds is 3. The molecule has 0 saturated heterocycles. The van der Waals surface area contributed by atoms with Gasteiger partial charge in [-0.2, -0.15) is 0 Å². The van der Waals surface area contributed by atoms with Crippen LogP contribution in [0, 0.1) is 5.92 Å². The molecule has 0 aliphatic heterocycles. The Morgan fingerprint density at radius 2 is 2.10 bits per heavy atom. The number of nitrogens with zero attached hydrogens (tertiary/aromatic N) is 2. The van der Waals surface area contributed by atoms with Crippen LogP contribution in [-0.2, 0) is 0 Å². The summed E-state index contributed by atoms with van der Waals surface area (Å²) in [5, 5.41) is 0. The highest BCUT2D eigenvalue weighted by molar-refractivity contribution is 5.96. The summed E-state index contributed by atoms with van der Waals surface area (Å²) >= 11 is 0. The summed E-state index contributed by atoms with van der Waals surface area (Å²) in [7, 11) is 1.78. The lowest BCUT2D eigenvalue weighted by atomic mass is 10.1. The van der Waals surface area contributed by atoms with Crippen molar-refractivity contribution in [2.45, 2.75) is 13.8 Å². The van der Waals surface area contributed by atoms with Gasteiger partial charge >= 0.3 is 0 Å². The second kappa shape index (κ2) is 4.91. The number of allylic oxidation sites excluding steroid dienone is 1. The highest BCUT2D eigenvalue weighted by Gasteiger charge is 1.97. The molecule has 2 heteroatoms. The first kappa shape index (κ1) is 9.08. The van der Waals surface area contributed by atoms with Crippen molar-refractivity contribution in [3.05, 3.63) is 12.3 Å². The molecule has 0 aromatic rings. The van der Waals surface area contributed by atoms with E-state index in [0.29, 0.717) is 5.92 Å². The fourth-order valence-electron chi connectivity index (χ4n) is 0.654. The second-order valence-corrected chi connectivity index (χ2v) is 2.30. The van der Waals surface area contributed by atoms with Crippen molar-refractivity contribution in [1.29, 1.82) is 0 Å². The average Bonchev–Trinajstić information content (AvgIpc) is 1.89. The first-order valence-corrected chi connectivity index (χ1v) is 3.31. The lowest BCUT2D eigenvalue weighted by Gasteiger charge is -2.01. The van der Waals surface area contributed by atoms with E-state index >= 15 is 0 Å². The van der Waals surface area contributed by atoms with Gasteiger partial charge in [-0.3, -0.25) is 9.98 Å². The third-order valence-corrected chi connectivity index (χ3v) is 1.20. The molecule has 0 heterocycles. The maximum Gasteiger partial charge on any atom is 0.0385 e. The summed E-state index contributed by atoms with van der Waals surface area (Å²) in [4.78, 5) is 7.66. The van der Waals surface area contributed by atoms with Gasteiger partial charge in [-0.1, -0.05) is 13.8 Å². The minimum Gasteiger partial charge on any atom is -0.293 e. The van der Waals surface area contributed by atoms with E-state index in [2.05, 4.69) is 30.5 Å². The molecule has 0 bridgehead atoms. The Kier molecular flexibility index (Phi) is 4.46. The molecule has 56 valence electrons. The molecular formula is C8H14N2. The van der Waals surface area contributed by atoms with Gasteiger partial charge < -0.3 is 0 Å². The van der Waals surface area contributed by atoms with Gasteiger partial charge in [-0.25, -0.2) is 0 Å². The van der Waals surface area contributed by atoms with E-state index in [-0.39, 0.29) is 0 Å². The molecule has 0 rings (SSSR count). The van der Waals surface area contributed by atoms with Crippen LogP contribution in [0.3, 0.4) is 0 Å². The van der Waals surface area contributed by atoms with E-state index in [9.17, 15) is 0 Å². The quantitative estimate of drug-likeness (QED) is 0.532. The smallest absolute Gasteiger partial charge is 0.0385 e. The van der Waals surface area contributed by atoms with Crippen LogP contribution in [0.5, 0.6) is 0 Å². The first-order chi connectivity index (χ1) is 4.72. The predicted octanol–water partition coefficient (Wildman–Crippen LogP) is 1.93. The Morgan fingerprint density at radius 1 is 1.50 bits per heavy atom. The predicted molar refractivity (Wildman–Crippen MR) is 46.9 cm³/mol. The summed E-state index contributed by atoms with van der Waals surface area (Å²) in [5.41, 5.74) is 1.05. The Bertz CT molecular complexity index is 155. The fourth-order valence-corrected chi connectivity index (χ4v) is 0.654. The Hall–Kier alpha value is -0.920. The minimum absolute atomic E-state index is 0.461. The zero-order valence-corrected chi connectivity index (χ0v) is 6.83. The van der Waals surface area contributed by atoms with Crippen LogP contribution in [-0.4, -0.2) is 19.5 Å². The van der Waals surface area contributed by atoms with E-state index in [0.717, 1.165) is 5.71 Å². The van der Waals surface area contributed by atoms with Crippen LogP contribution in [0.4, 0.5) is 0 Å². The molecule has 0 N–H and O–H groups in total. The Labute approximate surface area is 62.4 Å². The molecule has 10 heavy (non-hydrogen) atoms. The molecule has 0 aromatic carbocycles. The number of hydrogen-bond acceptors (Lipinski definition) is 2. The van der Waals surface area contributed by atoms with Crippen LogP contribution < -0.4 is 0 Å². The molecule has 0 aliphatic carbocycles. The zero-order chi connectivity index (χ0) is 7.98. The molecule has 0 amide bonds. The molecule has 0 unspecified atom stereocenters. The minimum atomic E-state index is 0.461. The van der Waals surface area contributed by atoms with Crippen LogP contribution in [0.2, 0.25) is 0 Å². The van der Waals surface area contributed by atoms with Gasteiger partial charge in [0.1, 0.15) is 0 Å². The van der Waals surface area contributed by atoms with Crippen molar-refractivity contribution >= 4 is 12.4 Å².